The van der Waals surface area contributed by atoms with Gasteiger partial charge in [0, 0.05) is 29.6 Å². The van der Waals surface area contributed by atoms with Crippen molar-refractivity contribution in [1.29, 1.82) is 0 Å². The van der Waals surface area contributed by atoms with Crippen molar-refractivity contribution in [2.24, 2.45) is 0 Å². The van der Waals surface area contributed by atoms with Gasteiger partial charge in [0.2, 0.25) is 0 Å². The van der Waals surface area contributed by atoms with E-state index in [-0.39, 0.29) is 30.3 Å². The first kappa shape index (κ1) is 18.9. The van der Waals surface area contributed by atoms with Crippen molar-refractivity contribution in [1.82, 2.24) is 5.32 Å². The fourth-order valence-electron chi connectivity index (χ4n) is 2.45. The number of aliphatic hydroxyl groups excluding tert-OH is 1. The van der Waals surface area contributed by atoms with Crippen LogP contribution in [0.4, 0.5) is 0 Å². The molecule has 0 fully saturated rings. The van der Waals surface area contributed by atoms with Crippen LogP contribution in [-0.2, 0) is 6.42 Å². The molecule has 0 aromatic heterocycles. The van der Waals surface area contributed by atoms with Crippen molar-refractivity contribution in [3.05, 3.63) is 29.3 Å². The van der Waals surface area contributed by atoms with Crippen LogP contribution in [0.15, 0.2) is 18.2 Å². The second-order valence-corrected chi connectivity index (χ2v) is 6.65. The van der Waals surface area contributed by atoms with Gasteiger partial charge in [0.05, 0.1) is 0 Å². The molecule has 0 aliphatic heterocycles. The zero-order chi connectivity index (χ0) is 15.5. The van der Waals surface area contributed by atoms with Crippen LogP contribution in [0.1, 0.15) is 49.5 Å². The summed E-state index contributed by atoms with van der Waals surface area (Å²) in [5.74, 6) is 0.923. The standard InChI is InChI=1S/C17H25NO3.ClH/c1-17(2,3)18-10-12(19)11-21-16-9-5-6-13-14(16)7-4-8-15(13)20;/h5-6,9,12,18-19H,4,7-8,10-11H2,1-3H3;1H/p-1/t12-;/m0./s1. The molecule has 2 N–H and O–H groups in total. The van der Waals surface area contributed by atoms with E-state index in [1.54, 1.807) is 0 Å². The second kappa shape index (κ2) is 7.95. The number of hydrogen-bond acceptors (Lipinski definition) is 4. The summed E-state index contributed by atoms with van der Waals surface area (Å²) in [6.45, 7) is 6.88. The van der Waals surface area contributed by atoms with Gasteiger partial charge in [-0.1, -0.05) is 12.1 Å². The van der Waals surface area contributed by atoms with E-state index < -0.39 is 6.10 Å². The summed E-state index contributed by atoms with van der Waals surface area (Å²) in [4.78, 5) is 11.9. The minimum atomic E-state index is -0.570. The zero-order valence-electron chi connectivity index (χ0n) is 13.5. The van der Waals surface area contributed by atoms with E-state index >= 15 is 0 Å². The van der Waals surface area contributed by atoms with Gasteiger partial charge in [0.25, 0.3) is 0 Å². The Hall–Kier alpha value is -1.10. The molecule has 1 atom stereocenters. The summed E-state index contributed by atoms with van der Waals surface area (Å²) in [6.07, 6.45) is 1.79. The second-order valence-electron chi connectivity index (χ2n) is 6.65. The van der Waals surface area contributed by atoms with Crippen LogP contribution in [0.5, 0.6) is 5.75 Å². The van der Waals surface area contributed by atoms with Crippen LogP contribution in [0.25, 0.3) is 0 Å². The minimum absolute atomic E-state index is 0. The molecule has 0 amide bonds. The molecule has 1 aliphatic carbocycles. The van der Waals surface area contributed by atoms with E-state index in [0.29, 0.717) is 13.0 Å². The predicted octanol–water partition coefficient (Wildman–Crippen LogP) is -0.663. The van der Waals surface area contributed by atoms with Gasteiger partial charge in [-0.3, -0.25) is 4.79 Å². The number of fused-ring (bicyclic) bond motifs is 1. The lowest BCUT2D eigenvalue weighted by Crippen LogP contribution is -3.00. The maximum Gasteiger partial charge on any atom is 0.163 e. The molecule has 0 bridgehead atoms. The number of aliphatic hydroxyl groups is 1. The van der Waals surface area contributed by atoms with Crippen LogP contribution in [0, 0.1) is 0 Å². The molecule has 22 heavy (non-hydrogen) atoms. The normalized spacial score (nSPS) is 15.7. The quantitative estimate of drug-likeness (QED) is 0.754. The molecule has 0 spiro atoms. The number of halogens is 1. The van der Waals surface area contributed by atoms with E-state index in [0.717, 1.165) is 29.7 Å². The van der Waals surface area contributed by atoms with Crippen molar-refractivity contribution < 1.29 is 27.0 Å². The number of carbonyl (C=O) groups excluding carboxylic acids is 1. The fourth-order valence-corrected chi connectivity index (χ4v) is 2.45. The lowest BCUT2D eigenvalue weighted by Gasteiger charge is -2.24. The van der Waals surface area contributed by atoms with Gasteiger partial charge >= 0.3 is 0 Å². The summed E-state index contributed by atoms with van der Waals surface area (Å²) >= 11 is 0. The average Bonchev–Trinajstić information content (AvgIpc) is 2.42. The number of benzene rings is 1. The molecule has 1 aromatic carbocycles. The van der Waals surface area contributed by atoms with Gasteiger partial charge in [-0.2, -0.15) is 0 Å². The maximum atomic E-state index is 11.9. The van der Waals surface area contributed by atoms with E-state index in [1.807, 2.05) is 18.2 Å². The number of ether oxygens (including phenoxy) is 1. The topological polar surface area (TPSA) is 58.6 Å². The monoisotopic (exact) mass is 326 g/mol. The molecule has 2 rings (SSSR count). The SMILES string of the molecule is CC(C)(C)NC[C@H](O)COc1cccc2c1CCCC2=O.[Cl-]. The van der Waals surface area contributed by atoms with Gasteiger partial charge in [0.1, 0.15) is 18.5 Å². The Morgan fingerprint density at radius 2 is 2.05 bits per heavy atom. The largest absolute Gasteiger partial charge is 1.00 e. The van der Waals surface area contributed by atoms with Crippen LogP contribution < -0.4 is 22.5 Å². The summed E-state index contributed by atoms with van der Waals surface area (Å²) in [6, 6.07) is 5.58. The Kier molecular flexibility index (Phi) is 6.85. The number of Topliss-reactive ketones (excluding diaryl/α,β-unsaturated/α-hetero) is 1. The van der Waals surface area contributed by atoms with E-state index in [9.17, 15) is 9.90 Å². The highest BCUT2D eigenvalue weighted by molar-refractivity contribution is 5.99. The molecule has 0 unspecified atom stereocenters. The number of rotatable bonds is 5. The summed E-state index contributed by atoms with van der Waals surface area (Å²) < 4.78 is 5.74. The molecule has 5 heteroatoms. The molecule has 124 valence electrons. The van der Waals surface area contributed by atoms with Gasteiger partial charge in [-0.25, -0.2) is 0 Å². The highest BCUT2D eigenvalue weighted by Gasteiger charge is 2.20. The molecule has 0 saturated heterocycles. The molecule has 4 nitrogen and oxygen atoms in total. The first-order valence-electron chi connectivity index (χ1n) is 7.58. The van der Waals surface area contributed by atoms with Crippen molar-refractivity contribution >= 4 is 5.78 Å². The number of nitrogens with one attached hydrogen (secondary N) is 1. The van der Waals surface area contributed by atoms with Crippen LogP contribution in [-0.4, -0.2) is 35.7 Å². The maximum absolute atomic E-state index is 11.9. The van der Waals surface area contributed by atoms with Gasteiger partial charge in [-0.15, -0.1) is 0 Å². The van der Waals surface area contributed by atoms with E-state index in [2.05, 4.69) is 26.1 Å². The molecule has 0 saturated carbocycles. The number of hydrogen-bond donors (Lipinski definition) is 2. The third-order valence-electron chi connectivity index (χ3n) is 3.56. The van der Waals surface area contributed by atoms with Crippen molar-refractivity contribution in [3.8, 4) is 5.75 Å². The molecule has 1 aromatic rings. The predicted molar refractivity (Wildman–Crippen MR) is 83.0 cm³/mol. The van der Waals surface area contributed by atoms with E-state index in [4.69, 9.17) is 4.74 Å². The average molecular weight is 327 g/mol. The van der Waals surface area contributed by atoms with Crippen molar-refractivity contribution in [2.75, 3.05) is 13.2 Å². The molecular formula is C17H25ClNO3-. The summed E-state index contributed by atoms with van der Waals surface area (Å²) in [7, 11) is 0. The molecule has 0 heterocycles. The Morgan fingerprint density at radius 3 is 2.73 bits per heavy atom. The molecule has 1 aliphatic rings. The van der Waals surface area contributed by atoms with Crippen LogP contribution in [0.3, 0.4) is 0 Å². The third-order valence-corrected chi connectivity index (χ3v) is 3.56. The first-order chi connectivity index (χ1) is 9.87. The fraction of sp³-hybridized carbons (Fsp3) is 0.588. The Labute approximate surface area is 138 Å². The third kappa shape index (κ3) is 5.27. The highest BCUT2D eigenvalue weighted by Crippen LogP contribution is 2.29. The Balaban J connectivity index is 0.00000242. The molecule has 0 radical (unpaired) electrons. The van der Waals surface area contributed by atoms with Gasteiger partial charge in [0.15, 0.2) is 5.78 Å². The van der Waals surface area contributed by atoms with Gasteiger partial charge in [-0.05, 0) is 39.7 Å². The number of carbonyl (C=O) groups is 1. The smallest absolute Gasteiger partial charge is 0.163 e. The van der Waals surface area contributed by atoms with Crippen LogP contribution in [0.2, 0.25) is 0 Å². The first-order valence-corrected chi connectivity index (χ1v) is 7.58. The van der Waals surface area contributed by atoms with Crippen molar-refractivity contribution in [3.63, 3.8) is 0 Å². The Bertz CT molecular complexity index is 511. The minimum Gasteiger partial charge on any atom is -1.00 e. The highest BCUT2D eigenvalue weighted by atomic mass is 35.5. The lowest BCUT2D eigenvalue weighted by atomic mass is 9.90. The summed E-state index contributed by atoms with van der Waals surface area (Å²) in [5, 5.41) is 13.2. The summed E-state index contributed by atoms with van der Waals surface area (Å²) in [5.41, 5.74) is 1.74. The lowest BCUT2D eigenvalue weighted by molar-refractivity contribution is -0.0000146. The number of β-amino-alcohol motifs (C(OH)–C–C–N with tert-alkyl or cyclic N) is 1. The molecular weight excluding hydrogens is 302 g/mol. The van der Waals surface area contributed by atoms with Gasteiger partial charge < -0.3 is 27.6 Å². The Morgan fingerprint density at radius 1 is 1.32 bits per heavy atom. The van der Waals surface area contributed by atoms with Crippen molar-refractivity contribution in [2.45, 2.75) is 51.7 Å². The zero-order valence-corrected chi connectivity index (χ0v) is 14.2. The number of ketones is 1. The van der Waals surface area contributed by atoms with Crippen LogP contribution >= 0.6 is 0 Å². The van der Waals surface area contributed by atoms with E-state index in [1.165, 1.54) is 0 Å².